The summed E-state index contributed by atoms with van der Waals surface area (Å²) in [5.74, 6) is -1.94. The molecule has 2 unspecified atom stereocenters. The van der Waals surface area contributed by atoms with Gasteiger partial charge >= 0.3 is 5.97 Å². The molecule has 8 nitrogen and oxygen atoms in total. The van der Waals surface area contributed by atoms with E-state index in [1.807, 2.05) is 31.2 Å². The number of esters is 1. The first kappa shape index (κ1) is 23.0. The van der Waals surface area contributed by atoms with Crippen LogP contribution in [0.1, 0.15) is 31.4 Å². The predicted molar refractivity (Wildman–Crippen MR) is 120 cm³/mol. The lowest BCUT2D eigenvalue weighted by Crippen LogP contribution is -2.33. The van der Waals surface area contributed by atoms with Gasteiger partial charge in [0.2, 0.25) is 11.8 Å². The summed E-state index contributed by atoms with van der Waals surface area (Å²) in [5.41, 5.74) is 3.25. The van der Waals surface area contributed by atoms with Gasteiger partial charge < -0.3 is 20.3 Å². The topological polar surface area (TPSA) is 105 Å². The third-order valence-corrected chi connectivity index (χ3v) is 5.18. The average molecular weight is 437 g/mol. The van der Waals surface area contributed by atoms with Gasteiger partial charge in [-0.3, -0.25) is 19.2 Å². The molecular weight excluding hydrogens is 410 g/mol. The van der Waals surface area contributed by atoms with Crippen molar-refractivity contribution in [2.75, 3.05) is 17.2 Å². The van der Waals surface area contributed by atoms with Gasteiger partial charge in [0.25, 0.3) is 5.91 Å². The highest BCUT2D eigenvalue weighted by Crippen LogP contribution is 2.22. The third-order valence-electron chi connectivity index (χ3n) is 5.18. The van der Waals surface area contributed by atoms with E-state index in [0.29, 0.717) is 17.9 Å². The van der Waals surface area contributed by atoms with Crippen molar-refractivity contribution in [1.82, 2.24) is 4.90 Å². The number of anilines is 2. The summed E-state index contributed by atoms with van der Waals surface area (Å²) < 4.78 is 5.32. The van der Waals surface area contributed by atoms with Crippen LogP contribution < -0.4 is 10.6 Å². The monoisotopic (exact) mass is 437 g/mol. The van der Waals surface area contributed by atoms with Gasteiger partial charge in [-0.25, -0.2) is 0 Å². The molecule has 32 heavy (non-hydrogen) atoms. The zero-order valence-corrected chi connectivity index (χ0v) is 18.4. The summed E-state index contributed by atoms with van der Waals surface area (Å²) in [6.45, 7) is 5.60. The van der Waals surface area contributed by atoms with Gasteiger partial charge in [-0.05, 0) is 43.7 Å². The van der Waals surface area contributed by atoms with Crippen LogP contribution in [-0.4, -0.2) is 41.2 Å². The molecule has 0 aliphatic carbocycles. The number of carbonyl (C=O) groups excluding carboxylic acids is 4. The summed E-state index contributed by atoms with van der Waals surface area (Å²) in [6, 6.07) is 14.5. The molecule has 3 rings (SSSR count). The fraction of sp³-hybridized carbons (Fsp3) is 0.333. The Bertz CT molecular complexity index is 1000. The molecule has 0 saturated carbocycles. The molecule has 0 spiro atoms. The summed E-state index contributed by atoms with van der Waals surface area (Å²) in [4.78, 5) is 49.9. The average Bonchev–Trinajstić information content (AvgIpc) is 3.11. The molecule has 2 aromatic rings. The minimum atomic E-state index is -1.02. The minimum Gasteiger partial charge on any atom is -0.452 e. The van der Waals surface area contributed by atoms with E-state index in [9.17, 15) is 19.2 Å². The van der Waals surface area contributed by atoms with E-state index >= 15 is 0 Å². The summed E-state index contributed by atoms with van der Waals surface area (Å²) in [7, 11) is 0. The summed E-state index contributed by atoms with van der Waals surface area (Å²) >= 11 is 0. The Morgan fingerprint density at radius 2 is 1.62 bits per heavy atom. The van der Waals surface area contributed by atoms with Crippen molar-refractivity contribution in [2.45, 2.75) is 39.8 Å². The summed E-state index contributed by atoms with van der Waals surface area (Å²) in [6.07, 6.45) is -0.942. The van der Waals surface area contributed by atoms with Crippen molar-refractivity contribution in [3.63, 3.8) is 0 Å². The van der Waals surface area contributed by atoms with Gasteiger partial charge in [0.1, 0.15) is 0 Å². The minimum absolute atomic E-state index is 0.0731. The lowest BCUT2D eigenvalue weighted by molar-refractivity contribution is -0.157. The second-order valence-electron chi connectivity index (χ2n) is 7.99. The molecule has 1 aliphatic heterocycles. The highest BCUT2D eigenvalue weighted by molar-refractivity contribution is 5.96. The highest BCUT2D eigenvalue weighted by atomic mass is 16.5. The number of likely N-dealkylation sites (tertiary alicyclic amines) is 1. The van der Waals surface area contributed by atoms with Crippen molar-refractivity contribution in [2.24, 2.45) is 5.92 Å². The van der Waals surface area contributed by atoms with E-state index < -0.39 is 23.9 Å². The standard InChI is InChI=1S/C24H27N3O5/c1-15-4-6-18(7-5-15)13-27-14-19(12-22(27)29)24(31)32-16(2)23(30)26-21-10-8-20(9-11-21)25-17(3)28/h4-11,16,19H,12-14H2,1-3H3,(H,25,28)(H,26,30). The Morgan fingerprint density at radius 1 is 1.03 bits per heavy atom. The van der Waals surface area contributed by atoms with Crippen molar-refractivity contribution in [3.05, 3.63) is 59.7 Å². The van der Waals surface area contributed by atoms with E-state index in [0.717, 1.165) is 11.1 Å². The van der Waals surface area contributed by atoms with Crippen molar-refractivity contribution < 1.29 is 23.9 Å². The molecule has 3 amide bonds. The molecule has 168 valence electrons. The largest absolute Gasteiger partial charge is 0.452 e. The molecule has 8 heteroatoms. The number of aryl methyl sites for hydroxylation is 1. The number of ether oxygens (including phenoxy) is 1. The lowest BCUT2D eigenvalue weighted by atomic mass is 10.1. The van der Waals surface area contributed by atoms with Crippen molar-refractivity contribution >= 4 is 35.1 Å². The van der Waals surface area contributed by atoms with Crippen LogP contribution in [0.25, 0.3) is 0 Å². The van der Waals surface area contributed by atoms with Crippen LogP contribution in [0, 0.1) is 12.8 Å². The van der Waals surface area contributed by atoms with E-state index in [1.165, 1.54) is 13.8 Å². The Labute approximate surface area is 186 Å². The van der Waals surface area contributed by atoms with Gasteiger partial charge in [-0.1, -0.05) is 29.8 Å². The second-order valence-corrected chi connectivity index (χ2v) is 7.99. The predicted octanol–water partition coefficient (Wildman–Crippen LogP) is 2.87. The molecule has 0 bridgehead atoms. The van der Waals surface area contributed by atoms with Crippen LogP contribution in [0.2, 0.25) is 0 Å². The first-order valence-corrected chi connectivity index (χ1v) is 10.4. The Kier molecular flexibility index (Phi) is 7.25. The molecule has 0 radical (unpaired) electrons. The molecule has 2 atom stereocenters. The fourth-order valence-electron chi connectivity index (χ4n) is 3.40. The smallest absolute Gasteiger partial charge is 0.312 e. The SMILES string of the molecule is CC(=O)Nc1ccc(NC(=O)C(C)OC(=O)C2CC(=O)N(Cc3ccc(C)cc3)C2)cc1. The maximum Gasteiger partial charge on any atom is 0.312 e. The van der Waals surface area contributed by atoms with E-state index in [2.05, 4.69) is 10.6 Å². The zero-order valence-electron chi connectivity index (χ0n) is 18.4. The van der Waals surface area contributed by atoms with Gasteiger partial charge in [0.15, 0.2) is 6.10 Å². The van der Waals surface area contributed by atoms with Crippen LogP contribution in [0.4, 0.5) is 11.4 Å². The van der Waals surface area contributed by atoms with Gasteiger partial charge in [-0.15, -0.1) is 0 Å². The maximum atomic E-state index is 12.5. The summed E-state index contributed by atoms with van der Waals surface area (Å²) in [5, 5.41) is 5.30. The fourth-order valence-corrected chi connectivity index (χ4v) is 3.40. The first-order chi connectivity index (χ1) is 15.2. The number of benzene rings is 2. The molecular formula is C24H27N3O5. The molecule has 1 fully saturated rings. The quantitative estimate of drug-likeness (QED) is 0.648. The Hall–Kier alpha value is -3.68. The molecule has 1 aliphatic rings. The molecule has 2 N–H and O–H groups in total. The van der Waals surface area contributed by atoms with Crippen molar-refractivity contribution in [1.29, 1.82) is 0 Å². The van der Waals surface area contributed by atoms with Crippen LogP contribution in [0.15, 0.2) is 48.5 Å². The molecule has 1 saturated heterocycles. The number of hydrogen-bond donors (Lipinski definition) is 2. The van der Waals surface area contributed by atoms with E-state index in [1.54, 1.807) is 29.2 Å². The van der Waals surface area contributed by atoms with Gasteiger partial charge in [0.05, 0.1) is 5.92 Å². The Morgan fingerprint density at radius 3 is 2.22 bits per heavy atom. The molecule has 0 aromatic heterocycles. The Balaban J connectivity index is 1.50. The van der Waals surface area contributed by atoms with Gasteiger partial charge in [0, 0.05) is 37.8 Å². The number of amides is 3. The maximum absolute atomic E-state index is 12.5. The number of rotatable bonds is 7. The first-order valence-electron chi connectivity index (χ1n) is 10.4. The van der Waals surface area contributed by atoms with Gasteiger partial charge in [-0.2, -0.15) is 0 Å². The zero-order chi connectivity index (χ0) is 23.3. The van der Waals surface area contributed by atoms with Crippen molar-refractivity contribution in [3.8, 4) is 0 Å². The number of carbonyl (C=O) groups is 4. The van der Waals surface area contributed by atoms with Crippen LogP contribution >= 0.6 is 0 Å². The lowest BCUT2D eigenvalue weighted by Gasteiger charge is -2.18. The number of nitrogens with zero attached hydrogens (tertiary/aromatic N) is 1. The number of hydrogen-bond acceptors (Lipinski definition) is 5. The van der Waals surface area contributed by atoms with E-state index in [-0.39, 0.29) is 24.8 Å². The molecule has 1 heterocycles. The highest BCUT2D eigenvalue weighted by Gasteiger charge is 2.36. The second kappa shape index (κ2) is 10.1. The normalized spacial score (nSPS) is 16.4. The van der Waals surface area contributed by atoms with E-state index in [4.69, 9.17) is 4.74 Å². The van der Waals surface area contributed by atoms with Crippen LogP contribution in [-0.2, 0) is 30.5 Å². The third kappa shape index (κ3) is 6.16. The van der Waals surface area contributed by atoms with Crippen LogP contribution in [0.3, 0.4) is 0 Å². The number of nitrogens with one attached hydrogen (secondary N) is 2. The van der Waals surface area contributed by atoms with Crippen LogP contribution in [0.5, 0.6) is 0 Å². The molecule has 2 aromatic carbocycles.